The maximum atomic E-state index is 10.7. The van der Waals surface area contributed by atoms with Crippen molar-refractivity contribution < 1.29 is 9.53 Å². The summed E-state index contributed by atoms with van der Waals surface area (Å²) in [6.07, 6.45) is 4.03. The number of hydrogen-bond acceptors (Lipinski definition) is 5. The van der Waals surface area contributed by atoms with Gasteiger partial charge in [-0.05, 0) is 19.9 Å². The molecule has 0 aromatic carbocycles. The average Bonchev–Trinajstić information content (AvgIpc) is 2.83. The van der Waals surface area contributed by atoms with E-state index in [1.807, 2.05) is 13.8 Å². The first-order valence-electron chi connectivity index (χ1n) is 6.17. The van der Waals surface area contributed by atoms with Gasteiger partial charge >= 0.3 is 0 Å². The van der Waals surface area contributed by atoms with Crippen molar-refractivity contribution >= 4 is 23.7 Å². The van der Waals surface area contributed by atoms with Crippen LogP contribution in [0.2, 0.25) is 5.15 Å². The highest BCUT2D eigenvalue weighted by Gasteiger charge is 2.09. The van der Waals surface area contributed by atoms with Crippen molar-refractivity contribution in [1.82, 2.24) is 19.7 Å². The van der Waals surface area contributed by atoms with Crippen molar-refractivity contribution in [2.24, 2.45) is 5.73 Å². The number of nitrogens with two attached hydrogens (primary N) is 1. The number of ether oxygens (including phenoxy) is 1. The average molecular weight is 308 g/mol. The molecule has 2 aromatic rings. The maximum absolute atomic E-state index is 10.7. The van der Waals surface area contributed by atoms with E-state index in [1.165, 1.54) is 23.3 Å². The first-order chi connectivity index (χ1) is 9.94. The Morgan fingerprint density at radius 2 is 2.24 bits per heavy atom. The molecule has 0 aliphatic rings. The van der Waals surface area contributed by atoms with E-state index in [4.69, 9.17) is 22.1 Å². The molecular weight excluding hydrogens is 294 g/mol. The summed E-state index contributed by atoms with van der Waals surface area (Å²) in [7, 11) is 0. The molecule has 0 aliphatic carbocycles. The minimum absolute atomic E-state index is 0.0205. The van der Waals surface area contributed by atoms with Gasteiger partial charge in [-0.15, -0.1) is 5.10 Å². The van der Waals surface area contributed by atoms with Crippen molar-refractivity contribution in [3.8, 4) is 17.3 Å². The van der Waals surface area contributed by atoms with Gasteiger partial charge in [0.1, 0.15) is 11.5 Å². The second-order valence-electron chi connectivity index (χ2n) is 4.45. The van der Waals surface area contributed by atoms with E-state index < -0.39 is 5.91 Å². The molecule has 110 valence electrons. The summed E-state index contributed by atoms with van der Waals surface area (Å²) < 4.78 is 6.88. The zero-order valence-electron chi connectivity index (χ0n) is 11.5. The molecule has 7 nitrogen and oxygen atoms in total. The second-order valence-corrected chi connectivity index (χ2v) is 4.84. The number of aromatic nitrogens is 4. The Morgan fingerprint density at radius 1 is 1.48 bits per heavy atom. The minimum atomic E-state index is -0.563. The Bertz CT molecular complexity index is 681. The first-order valence-corrected chi connectivity index (χ1v) is 6.55. The van der Waals surface area contributed by atoms with Crippen LogP contribution in [0.15, 0.2) is 24.5 Å². The molecule has 21 heavy (non-hydrogen) atoms. The standard InChI is InChI=1S/C13H14ClN5O2/c1-8(2)21-12-6-9(5-10(14)17-12)13-16-7-19(18-13)4-3-11(15)20/h3-8H,1-2H3,(H2,15,20). The molecule has 0 saturated carbocycles. The van der Waals surface area contributed by atoms with Crippen LogP contribution in [0.3, 0.4) is 0 Å². The molecule has 0 unspecified atom stereocenters. The number of carbonyl (C=O) groups excluding carboxylic acids is 1. The molecule has 2 N–H and O–H groups in total. The summed E-state index contributed by atoms with van der Waals surface area (Å²) in [4.78, 5) is 18.9. The van der Waals surface area contributed by atoms with Gasteiger partial charge in [0.05, 0.1) is 6.10 Å². The highest BCUT2D eigenvalue weighted by molar-refractivity contribution is 6.29. The van der Waals surface area contributed by atoms with Crippen LogP contribution in [0.1, 0.15) is 13.8 Å². The van der Waals surface area contributed by atoms with Crippen LogP contribution >= 0.6 is 11.6 Å². The predicted molar refractivity (Wildman–Crippen MR) is 78.6 cm³/mol. The molecule has 2 rings (SSSR count). The predicted octanol–water partition coefficient (Wildman–Crippen LogP) is 1.74. The number of amides is 1. The fourth-order valence-corrected chi connectivity index (χ4v) is 1.73. The molecule has 0 aliphatic heterocycles. The van der Waals surface area contributed by atoms with E-state index in [2.05, 4.69) is 15.1 Å². The molecule has 0 radical (unpaired) electrons. The lowest BCUT2D eigenvalue weighted by molar-refractivity contribution is -0.113. The molecule has 1 amide bonds. The number of nitrogens with zero attached hydrogens (tertiary/aromatic N) is 4. The Morgan fingerprint density at radius 3 is 2.90 bits per heavy atom. The van der Waals surface area contributed by atoms with Gasteiger partial charge in [0.2, 0.25) is 11.8 Å². The van der Waals surface area contributed by atoms with Gasteiger partial charge < -0.3 is 10.5 Å². The van der Waals surface area contributed by atoms with Crippen LogP contribution in [0.25, 0.3) is 17.6 Å². The zero-order chi connectivity index (χ0) is 15.4. The fourth-order valence-electron chi connectivity index (χ4n) is 1.53. The van der Waals surface area contributed by atoms with Gasteiger partial charge in [0.15, 0.2) is 5.82 Å². The molecule has 0 bridgehead atoms. The molecule has 2 aromatic heterocycles. The van der Waals surface area contributed by atoms with Gasteiger partial charge in [-0.25, -0.2) is 14.6 Å². The topological polar surface area (TPSA) is 95.9 Å². The van der Waals surface area contributed by atoms with E-state index in [-0.39, 0.29) is 11.3 Å². The number of rotatable bonds is 5. The molecule has 8 heteroatoms. The largest absolute Gasteiger partial charge is 0.475 e. The molecule has 0 fully saturated rings. The van der Waals surface area contributed by atoms with Crippen LogP contribution in [-0.4, -0.2) is 31.8 Å². The lowest BCUT2D eigenvalue weighted by atomic mass is 10.2. The lowest BCUT2D eigenvalue weighted by Crippen LogP contribution is -2.07. The molecular formula is C13H14ClN5O2. The summed E-state index contributed by atoms with van der Waals surface area (Å²) in [5.74, 6) is 0.269. The van der Waals surface area contributed by atoms with Gasteiger partial charge in [-0.1, -0.05) is 11.6 Å². The Labute approximate surface area is 126 Å². The fraction of sp³-hybridized carbons (Fsp3) is 0.231. The number of hydrogen-bond donors (Lipinski definition) is 1. The highest BCUT2D eigenvalue weighted by Crippen LogP contribution is 2.23. The lowest BCUT2D eigenvalue weighted by Gasteiger charge is -2.09. The second kappa shape index (κ2) is 6.36. The van der Waals surface area contributed by atoms with Crippen LogP contribution in [0, 0.1) is 0 Å². The maximum Gasteiger partial charge on any atom is 0.242 e. The first kappa shape index (κ1) is 15.0. The van der Waals surface area contributed by atoms with Crippen molar-refractivity contribution in [3.05, 3.63) is 29.7 Å². The molecule has 0 spiro atoms. The molecule has 2 heterocycles. The quantitative estimate of drug-likeness (QED) is 0.670. The monoisotopic (exact) mass is 307 g/mol. The van der Waals surface area contributed by atoms with E-state index in [0.29, 0.717) is 17.3 Å². The SMILES string of the molecule is CC(C)Oc1cc(-c2ncn(C=CC(N)=O)n2)cc(Cl)n1. The molecule has 0 saturated heterocycles. The Hall–Kier alpha value is -2.41. The summed E-state index contributed by atoms with van der Waals surface area (Å²) in [6, 6.07) is 3.33. The summed E-state index contributed by atoms with van der Waals surface area (Å²) in [6.45, 7) is 3.79. The normalized spacial score (nSPS) is 11.2. The van der Waals surface area contributed by atoms with Gasteiger partial charge in [-0.2, -0.15) is 0 Å². The van der Waals surface area contributed by atoms with Crippen LogP contribution in [0.4, 0.5) is 0 Å². The van der Waals surface area contributed by atoms with Crippen molar-refractivity contribution in [2.45, 2.75) is 20.0 Å². The Kier molecular flexibility index (Phi) is 4.54. The number of carbonyl (C=O) groups is 1. The zero-order valence-corrected chi connectivity index (χ0v) is 12.3. The van der Waals surface area contributed by atoms with Crippen LogP contribution < -0.4 is 10.5 Å². The van der Waals surface area contributed by atoms with Crippen molar-refractivity contribution in [3.63, 3.8) is 0 Å². The van der Waals surface area contributed by atoms with Crippen molar-refractivity contribution in [1.29, 1.82) is 0 Å². The van der Waals surface area contributed by atoms with E-state index in [9.17, 15) is 4.79 Å². The van der Waals surface area contributed by atoms with Crippen molar-refractivity contribution in [2.75, 3.05) is 0 Å². The van der Waals surface area contributed by atoms with E-state index >= 15 is 0 Å². The number of pyridine rings is 1. The number of halogens is 1. The molecule has 0 atom stereocenters. The van der Waals surface area contributed by atoms with Gasteiger partial charge in [0, 0.05) is 23.9 Å². The van der Waals surface area contributed by atoms with E-state index in [0.717, 1.165) is 0 Å². The Balaban J connectivity index is 2.29. The van der Waals surface area contributed by atoms with Gasteiger partial charge in [0.25, 0.3) is 0 Å². The summed E-state index contributed by atoms with van der Waals surface area (Å²) in [5.41, 5.74) is 5.68. The summed E-state index contributed by atoms with van der Waals surface area (Å²) in [5, 5.41) is 4.47. The van der Waals surface area contributed by atoms with Gasteiger partial charge in [-0.3, -0.25) is 4.79 Å². The third-order valence-electron chi connectivity index (χ3n) is 2.29. The highest BCUT2D eigenvalue weighted by atomic mass is 35.5. The number of primary amides is 1. The minimum Gasteiger partial charge on any atom is -0.475 e. The summed E-state index contributed by atoms with van der Waals surface area (Å²) >= 11 is 5.96. The third-order valence-corrected chi connectivity index (χ3v) is 2.48. The van der Waals surface area contributed by atoms with Crippen LogP contribution in [-0.2, 0) is 4.79 Å². The van der Waals surface area contributed by atoms with E-state index in [1.54, 1.807) is 12.1 Å². The third kappa shape index (κ3) is 4.28. The smallest absolute Gasteiger partial charge is 0.242 e. The van der Waals surface area contributed by atoms with Crippen LogP contribution in [0.5, 0.6) is 5.88 Å².